The average Bonchev–Trinajstić information content (AvgIpc) is 2.58. The van der Waals surface area contributed by atoms with Crippen LogP contribution in [0.4, 0.5) is 5.69 Å². The summed E-state index contributed by atoms with van der Waals surface area (Å²) in [5, 5.41) is 3.48. The fourth-order valence-electron chi connectivity index (χ4n) is 1.93. The van der Waals surface area contributed by atoms with Crippen molar-refractivity contribution in [2.75, 3.05) is 12.4 Å². The van der Waals surface area contributed by atoms with Gasteiger partial charge in [0.15, 0.2) is 17.6 Å². The number of rotatable bonds is 6. The van der Waals surface area contributed by atoms with Crippen molar-refractivity contribution in [1.29, 1.82) is 0 Å². The highest BCUT2D eigenvalue weighted by Crippen LogP contribution is 2.29. The molecular formula is C17H15Cl2NO4. The molecule has 0 heterocycles. The van der Waals surface area contributed by atoms with E-state index in [1.54, 1.807) is 37.3 Å². The summed E-state index contributed by atoms with van der Waals surface area (Å²) in [7, 11) is 1.45. The molecular weight excluding hydrogens is 353 g/mol. The monoisotopic (exact) mass is 367 g/mol. The first-order valence-corrected chi connectivity index (χ1v) is 7.76. The predicted octanol–water partition coefficient (Wildman–Crippen LogP) is 4.22. The van der Waals surface area contributed by atoms with Crippen molar-refractivity contribution < 1.29 is 19.1 Å². The Labute approximate surface area is 149 Å². The number of amides is 1. The number of carbonyl (C=O) groups is 2. The van der Waals surface area contributed by atoms with Crippen molar-refractivity contribution in [2.45, 2.75) is 13.0 Å². The van der Waals surface area contributed by atoms with E-state index in [1.807, 2.05) is 0 Å². The Bertz CT molecular complexity index is 764. The number of hydrogen-bond donors (Lipinski definition) is 1. The zero-order valence-corrected chi connectivity index (χ0v) is 14.5. The summed E-state index contributed by atoms with van der Waals surface area (Å²) in [6.07, 6.45) is -0.125. The van der Waals surface area contributed by atoms with Gasteiger partial charge in [-0.2, -0.15) is 0 Å². The Kier molecular flexibility index (Phi) is 6.06. The second-order valence-electron chi connectivity index (χ2n) is 4.90. The second-order valence-corrected chi connectivity index (χ2v) is 5.75. The van der Waals surface area contributed by atoms with Crippen LogP contribution >= 0.6 is 23.2 Å². The van der Waals surface area contributed by atoms with Crippen LogP contribution in [-0.4, -0.2) is 25.4 Å². The first-order chi connectivity index (χ1) is 11.4. The van der Waals surface area contributed by atoms with Crippen molar-refractivity contribution in [3.63, 3.8) is 0 Å². The number of carbonyl (C=O) groups excluding carboxylic acids is 2. The molecule has 0 radical (unpaired) electrons. The quantitative estimate of drug-likeness (QED) is 0.776. The first kappa shape index (κ1) is 18.1. The van der Waals surface area contributed by atoms with Crippen LogP contribution in [0.5, 0.6) is 11.5 Å². The van der Waals surface area contributed by atoms with E-state index < -0.39 is 12.0 Å². The number of halogens is 2. The number of nitrogens with one attached hydrogen (secondary N) is 1. The Balaban J connectivity index is 2.11. The minimum atomic E-state index is -0.823. The number of anilines is 1. The zero-order valence-electron chi connectivity index (χ0n) is 13.0. The Hall–Kier alpha value is -2.24. The molecule has 1 N–H and O–H groups in total. The lowest BCUT2D eigenvalue weighted by Gasteiger charge is -2.17. The molecule has 0 spiro atoms. The van der Waals surface area contributed by atoms with Crippen LogP contribution in [0.25, 0.3) is 0 Å². The molecule has 7 heteroatoms. The molecule has 1 atom stereocenters. The lowest BCUT2D eigenvalue weighted by Crippen LogP contribution is -2.30. The Morgan fingerprint density at radius 3 is 2.58 bits per heavy atom. The van der Waals surface area contributed by atoms with Gasteiger partial charge >= 0.3 is 0 Å². The summed E-state index contributed by atoms with van der Waals surface area (Å²) < 4.78 is 10.8. The summed E-state index contributed by atoms with van der Waals surface area (Å²) in [6, 6.07) is 9.43. The van der Waals surface area contributed by atoms with Gasteiger partial charge in [-0.1, -0.05) is 23.2 Å². The topological polar surface area (TPSA) is 64.6 Å². The van der Waals surface area contributed by atoms with Crippen LogP contribution in [-0.2, 0) is 4.79 Å². The maximum atomic E-state index is 12.3. The molecule has 1 amide bonds. The van der Waals surface area contributed by atoms with E-state index in [0.717, 1.165) is 0 Å². The lowest BCUT2D eigenvalue weighted by atomic mass is 10.2. The minimum Gasteiger partial charge on any atom is -0.493 e. The third-order valence-corrected chi connectivity index (χ3v) is 3.75. The summed E-state index contributed by atoms with van der Waals surface area (Å²) in [5.41, 5.74) is 0.842. The molecule has 0 aliphatic carbocycles. The van der Waals surface area contributed by atoms with E-state index in [9.17, 15) is 9.59 Å². The number of benzene rings is 2. The van der Waals surface area contributed by atoms with Gasteiger partial charge in [0.05, 0.1) is 17.8 Å². The molecule has 24 heavy (non-hydrogen) atoms. The van der Waals surface area contributed by atoms with Crippen molar-refractivity contribution >= 4 is 41.1 Å². The summed E-state index contributed by atoms with van der Waals surface area (Å²) >= 11 is 11.9. The van der Waals surface area contributed by atoms with Crippen LogP contribution in [0.3, 0.4) is 0 Å². The van der Waals surface area contributed by atoms with Crippen LogP contribution < -0.4 is 14.8 Å². The molecule has 5 nitrogen and oxygen atoms in total. The maximum Gasteiger partial charge on any atom is 0.265 e. The molecule has 0 saturated carbocycles. The average molecular weight is 368 g/mol. The largest absolute Gasteiger partial charge is 0.493 e. The summed E-state index contributed by atoms with van der Waals surface area (Å²) in [4.78, 5) is 23.1. The van der Waals surface area contributed by atoms with Gasteiger partial charge in [-0.3, -0.25) is 9.59 Å². The SMILES string of the molecule is COc1cc(C=O)ccc1OC(C)C(=O)Nc1cc(Cl)ccc1Cl. The van der Waals surface area contributed by atoms with Crippen molar-refractivity contribution in [2.24, 2.45) is 0 Å². The molecule has 1 unspecified atom stereocenters. The standard InChI is InChI=1S/C17H15Cl2NO4/c1-10(17(22)20-14-8-12(18)4-5-13(14)19)24-15-6-3-11(9-21)7-16(15)23-2/h3-10H,1-2H3,(H,20,22). The molecule has 2 aromatic rings. The van der Waals surface area contributed by atoms with E-state index in [2.05, 4.69) is 5.32 Å². The molecule has 2 rings (SSSR count). The smallest absolute Gasteiger partial charge is 0.265 e. The van der Waals surface area contributed by atoms with Crippen molar-refractivity contribution in [3.8, 4) is 11.5 Å². The molecule has 2 aromatic carbocycles. The van der Waals surface area contributed by atoms with Gasteiger partial charge in [-0.25, -0.2) is 0 Å². The lowest BCUT2D eigenvalue weighted by molar-refractivity contribution is -0.122. The molecule has 126 valence electrons. The highest BCUT2D eigenvalue weighted by atomic mass is 35.5. The number of hydrogen-bond acceptors (Lipinski definition) is 4. The van der Waals surface area contributed by atoms with Gasteiger partial charge in [0.25, 0.3) is 5.91 Å². The summed E-state index contributed by atoms with van der Waals surface area (Å²) in [6.45, 7) is 1.58. The first-order valence-electron chi connectivity index (χ1n) is 7.00. The predicted molar refractivity (Wildman–Crippen MR) is 93.6 cm³/mol. The molecule has 0 fully saturated rings. The minimum absolute atomic E-state index is 0.350. The molecule has 0 aromatic heterocycles. The van der Waals surface area contributed by atoms with Crippen molar-refractivity contribution in [1.82, 2.24) is 0 Å². The molecule has 0 bridgehead atoms. The van der Waals surface area contributed by atoms with E-state index in [1.165, 1.54) is 13.2 Å². The van der Waals surface area contributed by atoms with Crippen molar-refractivity contribution in [3.05, 3.63) is 52.0 Å². The molecule has 0 aliphatic rings. The number of methoxy groups -OCH3 is 1. The zero-order chi connectivity index (χ0) is 17.7. The van der Waals surface area contributed by atoms with E-state index in [-0.39, 0.29) is 0 Å². The van der Waals surface area contributed by atoms with Crippen LogP contribution in [0, 0.1) is 0 Å². The van der Waals surface area contributed by atoms with Gasteiger partial charge in [0.2, 0.25) is 0 Å². The van der Waals surface area contributed by atoms with Crippen LogP contribution in [0.2, 0.25) is 10.0 Å². The highest BCUT2D eigenvalue weighted by molar-refractivity contribution is 6.35. The molecule has 0 saturated heterocycles. The maximum absolute atomic E-state index is 12.3. The van der Waals surface area contributed by atoms with Gasteiger partial charge in [-0.05, 0) is 43.3 Å². The number of ether oxygens (including phenoxy) is 2. The van der Waals surface area contributed by atoms with Crippen LogP contribution in [0.1, 0.15) is 17.3 Å². The third-order valence-electron chi connectivity index (χ3n) is 3.18. The number of aldehydes is 1. The van der Waals surface area contributed by atoms with E-state index in [0.29, 0.717) is 39.1 Å². The highest BCUT2D eigenvalue weighted by Gasteiger charge is 2.18. The molecule has 0 aliphatic heterocycles. The fraction of sp³-hybridized carbons (Fsp3) is 0.176. The van der Waals surface area contributed by atoms with Gasteiger partial charge < -0.3 is 14.8 Å². The Morgan fingerprint density at radius 1 is 1.17 bits per heavy atom. The fourth-order valence-corrected chi connectivity index (χ4v) is 2.26. The van der Waals surface area contributed by atoms with Gasteiger partial charge in [-0.15, -0.1) is 0 Å². The van der Waals surface area contributed by atoms with Gasteiger partial charge in [0, 0.05) is 10.6 Å². The van der Waals surface area contributed by atoms with E-state index in [4.69, 9.17) is 32.7 Å². The van der Waals surface area contributed by atoms with E-state index >= 15 is 0 Å². The normalized spacial score (nSPS) is 11.5. The second kappa shape index (κ2) is 8.04. The summed E-state index contributed by atoms with van der Waals surface area (Å²) in [5.74, 6) is 0.309. The van der Waals surface area contributed by atoms with Crippen LogP contribution in [0.15, 0.2) is 36.4 Å². The third kappa shape index (κ3) is 4.40. The Morgan fingerprint density at radius 2 is 1.92 bits per heavy atom. The van der Waals surface area contributed by atoms with Gasteiger partial charge in [0.1, 0.15) is 6.29 Å².